The van der Waals surface area contributed by atoms with E-state index in [4.69, 9.17) is 0 Å². The second-order valence-electron chi connectivity index (χ2n) is 4.07. The first-order valence-electron chi connectivity index (χ1n) is 5.24. The maximum Gasteiger partial charge on any atom is 0.401 e. The molecule has 1 heterocycles. The predicted molar refractivity (Wildman–Crippen MR) is 63.7 cm³/mol. The summed E-state index contributed by atoms with van der Waals surface area (Å²) < 4.78 is 36.6. The topological polar surface area (TPSA) is 24.9 Å². The van der Waals surface area contributed by atoms with Gasteiger partial charge in [-0.2, -0.15) is 13.2 Å². The molecule has 0 saturated heterocycles. The van der Waals surface area contributed by atoms with Crippen LogP contribution >= 0.6 is 15.9 Å². The van der Waals surface area contributed by atoms with Crippen molar-refractivity contribution in [2.45, 2.75) is 19.5 Å². The van der Waals surface area contributed by atoms with Crippen LogP contribution in [-0.4, -0.2) is 24.2 Å². The van der Waals surface area contributed by atoms with E-state index in [9.17, 15) is 13.2 Å². The third-order valence-corrected chi connectivity index (χ3v) is 2.60. The van der Waals surface area contributed by atoms with Gasteiger partial charge in [-0.05, 0) is 46.4 Å². The molecular formula is C11H14BrF3N2. The number of nitrogens with zero attached hydrogens (tertiary/aromatic N) is 1. The van der Waals surface area contributed by atoms with E-state index >= 15 is 0 Å². The lowest BCUT2D eigenvalue weighted by Crippen LogP contribution is -2.32. The summed E-state index contributed by atoms with van der Waals surface area (Å²) in [7, 11) is 0. The Morgan fingerprint density at radius 3 is 2.71 bits per heavy atom. The molecule has 0 bridgehead atoms. The van der Waals surface area contributed by atoms with Crippen molar-refractivity contribution in [1.29, 1.82) is 0 Å². The summed E-state index contributed by atoms with van der Waals surface area (Å²) in [5.41, 5.74) is 1.01. The molecule has 1 rings (SSSR count). The fourth-order valence-corrected chi connectivity index (χ4v) is 1.91. The van der Waals surface area contributed by atoms with Gasteiger partial charge in [-0.15, -0.1) is 0 Å². The SMILES string of the molecule is CC(CNCC(F)(F)F)Cc1cncc(Br)c1. The van der Waals surface area contributed by atoms with E-state index in [1.165, 1.54) is 0 Å². The van der Waals surface area contributed by atoms with Crippen molar-refractivity contribution in [2.24, 2.45) is 5.92 Å². The van der Waals surface area contributed by atoms with Gasteiger partial charge in [0.2, 0.25) is 0 Å². The third kappa shape index (κ3) is 6.63. The zero-order valence-electron chi connectivity index (χ0n) is 9.39. The Labute approximate surface area is 107 Å². The van der Waals surface area contributed by atoms with Crippen molar-refractivity contribution in [3.05, 3.63) is 28.5 Å². The highest BCUT2D eigenvalue weighted by molar-refractivity contribution is 9.10. The molecule has 0 aliphatic carbocycles. The maximum absolute atomic E-state index is 11.9. The van der Waals surface area contributed by atoms with E-state index in [1.54, 1.807) is 12.4 Å². The number of hydrogen-bond donors (Lipinski definition) is 1. The standard InChI is InChI=1S/C11H14BrF3N2/c1-8(4-17-7-11(13,14)15)2-9-3-10(12)6-16-5-9/h3,5-6,8,17H,2,4,7H2,1H3. The summed E-state index contributed by atoms with van der Waals surface area (Å²) in [5, 5.41) is 2.40. The molecular weight excluding hydrogens is 297 g/mol. The van der Waals surface area contributed by atoms with Crippen LogP contribution in [0.3, 0.4) is 0 Å². The molecule has 1 aromatic rings. The number of hydrogen-bond acceptors (Lipinski definition) is 2. The summed E-state index contributed by atoms with van der Waals surface area (Å²) >= 11 is 3.30. The molecule has 0 radical (unpaired) electrons. The van der Waals surface area contributed by atoms with Gasteiger partial charge < -0.3 is 5.32 Å². The van der Waals surface area contributed by atoms with Crippen molar-refractivity contribution in [2.75, 3.05) is 13.1 Å². The Kier molecular flexibility index (Phi) is 5.39. The summed E-state index contributed by atoms with van der Waals surface area (Å²) in [5.74, 6) is 0.133. The van der Waals surface area contributed by atoms with E-state index in [1.807, 2.05) is 13.0 Å². The van der Waals surface area contributed by atoms with E-state index in [-0.39, 0.29) is 5.92 Å². The Bertz CT molecular complexity index is 355. The molecule has 0 aliphatic rings. The van der Waals surface area contributed by atoms with Crippen molar-refractivity contribution in [1.82, 2.24) is 10.3 Å². The number of halogens is 4. The first-order chi connectivity index (χ1) is 7.87. The van der Waals surface area contributed by atoms with Crippen LogP contribution in [0.1, 0.15) is 12.5 Å². The van der Waals surface area contributed by atoms with Crippen LogP contribution in [0.5, 0.6) is 0 Å². The fraction of sp³-hybridized carbons (Fsp3) is 0.545. The molecule has 1 N–H and O–H groups in total. The van der Waals surface area contributed by atoms with Gasteiger partial charge in [0.1, 0.15) is 0 Å². The van der Waals surface area contributed by atoms with Crippen LogP contribution in [0.2, 0.25) is 0 Å². The highest BCUT2D eigenvalue weighted by Crippen LogP contribution is 2.14. The number of pyridine rings is 1. The van der Waals surface area contributed by atoms with Crippen LogP contribution in [0.15, 0.2) is 22.9 Å². The first kappa shape index (κ1) is 14.4. The largest absolute Gasteiger partial charge is 0.401 e. The predicted octanol–water partition coefficient (Wildman–Crippen LogP) is 3.17. The van der Waals surface area contributed by atoms with E-state index < -0.39 is 12.7 Å². The van der Waals surface area contributed by atoms with Crippen LogP contribution in [0.25, 0.3) is 0 Å². The molecule has 96 valence electrons. The molecule has 1 unspecified atom stereocenters. The Morgan fingerprint density at radius 1 is 1.41 bits per heavy atom. The third-order valence-electron chi connectivity index (χ3n) is 2.16. The molecule has 0 amide bonds. The first-order valence-corrected chi connectivity index (χ1v) is 6.03. The molecule has 0 aliphatic heterocycles. The van der Waals surface area contributed by atoms with Gasteiger partial charge in [0.05, 0.1) is 6.54 Å². The molecule has 1 aromatic heterocycles. The Balaban J connectivity index is 2.32. The Morgan fingerprint density at radius 2 is 2.12 bits per heavy atom. The molecule has 0 spiro atoms. The monoisotopic (exact) mass is 310 g/mol. The molecule has 1 atom stereocenters. The van der Waals surface area contributed by atoms with E-state index in [0.29, 0.717) is 13.0 Å². The molecule has 17 heavy (non-hydrogen) atoms. The number of nitrogens with one attached hydrogen (secondary N) is 1. The fourth-order valence-electron chi connectivity index (χ4n) is 1.50. The quantitative estimate of drug-likeness (QED) is 0.903. The molecule has 0 saturated carbocycles. The van der Waals surface area contributed by atoms with Crippen molar-refractivity contribution >= 4 is 15.9 Å². The second-order valence-corrected chi connectivity index (χ2v) is 4.98. The molecule has 0 aromatic carbocycles. The zero-order valence-corrected chi connectivity index (χ0v) is 11.0. The van der Waals surface area contributed by atoms with Crippen LogP contribution in [-0.2, 0) is 6.42 Å². The number of rotatable bonds is 5. The van der Waals surface area contributed by atoms with Gasteiger partial charge in [-0.25, -0.2) is 0 Å². The average Bonchev–Trinajstić information content (AvgIpc) is 2.15. The maximum atomic E-state index is 11.9. The highest BCUT2D eigenvalue weighted by atomic mass is 79.9. The van der Waals surface area contributed by atoms with Gasteiger partial charge in [-0.3, -0.25) is 4.98 Å². The van der Waals surface area contributed by atoms with Crippen LogP contribution < -0.4 is 5.32 Å². The summed E-state index contributed by atoms with van der Waals surface area (Å²) in [6.07, 6.45) is -0.0323. The average molecular weight is 311 g/mol. The van der Waals surface area contributed by atoms with Gasteiger partial charge in [0.25, 0.3) is 0 Å². The van der Waals surface area contributed by atoms with E-state index in [2.05, 4.69) is 26.2 Å². The lowest BCUT2D eigenvalue weighted by molar-refractivity contribution is -0.125. The normalized spacial score (nSPS) is 13.7. The van der Waals surface area contributed by atoms with Gasteiger partial charge >= 0.3 is 6.18 Å². The summed E-state index contributed by atoms with van der Waals surface area (Å²) in [6, 6.07) is 1.92. The summed E-state index contributed by atoms with van der Waals surface area (Å²) in [4.78, 5) is 4.01. The lowest BCUT2D eigenvalue weighted by Gasteiger charge is -2.13. The van der Waals surface area contributed by atoms with Gasteiger partial charge in [-0.1, -0.05) is 6.92 Å². The minimum Gasteiger partial charge on any atom is -0.308 e. The van der Waals surface area contributed by atoms with Crippen LogP contribution in [0.4, 0.5) is 13.2 Å². The lowest BCUT2D eigenvalue weighted by atomic mass is 10.0. The summed E-state index contributed by atoms with van der Waals surface area (Å²) in [6.45, 7) is 1.31. The number of aromatic nitrogens is 1. The molecule has 6 heteroatoms. The smallest absolute Gasteiger partial charge is 0.308 e. The van der Waals surface area contributed by atoms with Crippen molar-refractivity contribution in [3.8, 4) is 0 Å². The minimum atomic E-state index is -4.14. The second kappa shape index (κ2) is 6.35. The molecule has 2 nitrogen and oxygen atoms in total. The molecule has 0 fully saturated rings. The number of alkyl halides is 3. The van der Waals surface area contributed by atoms with Crippen molar-refractivity contribution < 1.29 is 13.2 Å². The zero-order chi connectivity index (χ0) is 12.9. The van der Waals surface area contributed by atoms with Crippen LogP contribution in [0, 0.1) is 5.92 Å². The van der Waals surface area contributed by atoms with Gasteiger partial charge in [0, 0.05) is 16.9 Å². The van der Waals surface area contributed by atoms with Gasteiger partial charge in [0.15, 0.2) is 0 Å². The Hall–Kier alpha value is -0.620. The highest BCUT2D eigenvalue weighted by Gasteiger charge is 2.26. The van der Waals surface area contributed by atoms with Crippen molar-refractivity contribution in [3.63, 3.8) is 0 Å². The minimum absolute atomic E-state index is 0.133. The van der Waals surface area contributed by atoms with E-state index in [0.717, 1.165) is 10.0 Å².